The van der Waals surface area contributed by atoms with Crippen molar-refractivity contribution in [3.8, 4) is 0 Å². The lowest BCUT2D eigenvalue weighted by Crippen LogP contribution is -2.39. The van der Waals surface area contributed by atoms with Crippen molar-refractivity contribution in [3.63, 3.8) is 0 Å². The minimum Gasteiger partial charge on any atom is -0.469 e. The zero-order chi connectivity index (χ0) is 15.8. The van der Waals surface area contributed by atoms with Gasteiger partial charge in [-0.15, -0.1) is 24.0 Å². The van der Waals surface area contributed by atoms with Gasteiger partial charge in [0.25, 0.3) is 0 Å². The van der Waals surface area contributed by atoms with Gasteiger partial charge in [-0.3, -0.25) is 4.68 Å². The molecule has 23 heavy (non-hydrogen) atoms. The number of rotatable bonds is 7. The van der Waals surface area contributed by atoms with Crippen molar-refractivity contribution in [2.45, 2.75) is 19.9 Å². The number of guanidine groups is 1. The van der Waals surface area contributed by atoms with Crippen molar-refractivity contribution < 1.29 is 4.42 Å². The topological polar surface area (TPSA) is 80.3 Å². The number of nitrogens with one attached hydrogen (secondary N) is 2. The molecule has 0 saturated carbocycles. The second kappa shape index (κ2) is 10.0. The molecule has 7 nitrogen and oxygen atoms in total. The summed E-state index contributed by atoms with van der Waals surface area (Å²) in [4.78, 5) is 8.68. The summed E-state index contributed by atoms with van der Waals surface area (Å²) < 4.78 is 7.02. The Labute approximate surface area is 153 Å². The fourth-order valence-electron chi connectivity index (χ4n) is 1.78. The number of nitrogens with zero attached hydrogens (tertiary/aromatic N) is 4. The molecule has 0 radical (unpaired) electrons. The van der Waals surface area contributed by atoms with E-state index in [-0.39, 0.29) is 24.0 Å². The highest BCUT2D eigenvalue weighted by Gasteiger charge is 2.03. The average Bonchev–Trinajstić information content (AvgIpc) is 3.13. The van der Waals surface area contributed by atoms with Gasteiger partial charge in [-0.2, -0.15) is 5.10 Å². The van der Waals surface area contributed by atoms with Crippen LogP contribution in [0.2, 0.25) is 0 Å². The van der Waals surface area contributed by atoms with Crippen LogP contribution in [0.3, 0.4) is 0 Å². The third kappa shape index (κ3) is 6.85. The number of aryl methyl sites for hydroxylation is 1. The lowest BCUT2D eigenvalue weighted by atomic mass is 10.3. The maximum absolute atomic E-state index is 5.31. The maximum Gasteiger partial charge on any atom is 0.191 e. The van der Waals surface area contributed by atoms with E-state index in [4.69, 9.17) is 4.42 Å². The van der Waals surface area contributed by atoms with E-state index in [2.05, 4.69) is 32.3 Å². The average molecular weight is 430 g/mol. The highest BCUT2D eigenvalue weighted by molar-refractivity contribution is 14.0. The van der Waals surface area contributed by atoms with E-state index in [9.17, 15) is 0 Å². The first-order valence-electron chi connectivity index (χ1n) is 7.17. The van der Waals surface area contributed by atoms with Crippen molar-refractivity contribution in [1.29, 1.82) is 0 Å². The van der Waals surface area contributed by atoms with E-state index in [1.165, 1.54) is 6.33 Å². The van der Waals surface area contributed by atoms with Gasteiger partial charge in [-0.1, -0.05) is 12.2 Å². The van der Waals surface area contributed by atoms with Crippen LogP contribution in [-0.4, -0.2) is 33.8 Å². The molecule has 0 bridgehead atoms. The molecule has 0 aromatic carbocycles. The summed E-state index contributed by atoms with van der Waals surface area (Å²) in [6, 6.07) is 3.84. The third-order valence-corrected chi connectivity index (χ3v) is 2.99. The summed E-state index contributed by atoms with van der Waals surface area (Å²) in [6.45, 7) is 7.72. The minimum atomic E-state index is 0. The minimum absolute atomic E-state index is 0. The molecule has 0 saturated heterocycles. The Hall–Kier alpha value is -1.84. The van der Waals surface area contributed by atoms with Gasteiger partial charge < -0.3 is 15.1 Å². The molecule has 0 atom stereocenters. The van der Waals surface area contributed by atoms with Gasteiger partial charge in [-0.25, -0.2) is 9.98 Å². The van der Waals surface area contributed by atoms with Gasteiger partial charge in [0.1, 0.15) is 24.5 Å². The summed E-state index contributed by atoms with van der Waals surface area (Å²) in [7, 11) is 1.85. The van der Waals surface area contributed by atoms with Gasteiger partial charge in [0.2, 0.25) is 0 Å². The summed E-state index contributed by atoms with van der Waals surface area (Å²) >= 11 is 0. The molecule has 2 rings (SSSR count). The molecular formula is C15H23IN6O. The molecule has 2 heterocycles. The van der Waals surface area contributed by atoms with Crippen LogP contribution in [-0.2, 0) is 20.0 Å². The fourth-order valence-corrected chi connectivity index (χ4v) is 1.78. The zero-order valence-electron chi connectivity index (χ0n) is 13.5. The van der Waals surface area contributed by atoms with E-state index < -0.39 is 0 Å². The molecule has 2 N–H and O–H groups in total. The summed E-state index contributed by atoms with van der Waals surface area (Å²) in [6.07, 6.45) is 4.00. The molecular weight excluding hydrogens is 407 g/mol. The first kappa shape index (κ1) is 19.2. The predicted molar refractivity (Wildman–Crippen MR) is 101 cm³/mol. The highest BCUT2D eigenvalue weighted by atomic mass is 127. The van der Waals surface area contributed by atoms with Crippen LogP contribution < -0.4 is 10.6 Å². The Morgan fingerprint density at radius 3 is 2.87 bits per heavy atom. The third-order valence-electron chi connectivity index (χ3n) is 2.99. The number of aliphatic imine (C=N–C) groups is 1. The van der Waals surface area contributed by atoms with Gasteiger partial charge in [-0.05, 0) is 19.1 Å². The molecule has 0 unspecified atom stereocenters. The van der Waals surface area contributed by atoms with E-state index in [0.29, 0.717) is 13.1 Å². The number of halogens is 1. The molecule has 8 heteroatoms. The van der Waals surface area contributed by atoms with Gasteiger partial charge in [0.05, 0.1) is 6.26 Å². The molecule has 0 aliphatic carbocycles. The Bertz CT molecular complexity index is 620. The molecule has 2 aromatic rings. The predicted octanol–water partition coefficient (Wildman–Crippen LogP) is 1.88. The van der Waals surface area contributed by atoms with E-state index >= 15 is 0 Å². The maximum atomic E-state index is 5.31. The number of hydrogen-bond donors (Lipinski definition) is 2. The molecule has 0 amide bonds. The molecule has 0 aliphatic rings. The van der Waals surface area contributed by atoms with E-state index in [1.807, 2.05) is 26.1 Å². The van der Waals surface area contributed by atoms with E-state index in [1.54, 1.807) is 10.9 Å². The summed E-state index contributed by atoms with van der Waals surface area (Å²) in [5.41, 5.74) is 1.04. The van der Waals surface area contributed by atoms with Crippen molar-refractivity contribution in [2.75, 3.05) is 13.1 Å². The first-order chi connectivity index (χ1) is 10.6. The quantitative estimate of drug-likeness (QED) is 0.304. The van der Waals surface area contributed by atoms with Crippen LogP contribution in [0.4, 0.5) is 0 Å². The normalized spacial score (nSPS) is 11.0. The summed E-state index contributed by atoms with van der Waals surface area (Å²) in [5.74, 6) is 2.47. The fraction of sp³-hybridized carbons (Fsp3) is 0.400. The lowest BCUT2D eigenvalue weighted by molar-refractivity contribution is 0.507. The van der Waals surface area contributed by atoms with Crippen LogP contribution in [0, 0.1) is 0 Å². The Morgan fingerprint density at radius 1 is 1.43 bits per heavy atom. The molecule has 0 aliphatic heterocycles. The van der Waals surface area contributed by atoms with Crippen LogP contribution >= 0.6 is 24.0 Å². The lowest BCUT2D eigenvalue weighted by Gasteiger charge is -2.12. The zero-order valence-corrected chi connectivity index (χ0v) is 15.8. The number of hydrogen-bond acceptors (Lipinski definition) is 4. The first-order valence-corrected chi connectivity index (χ1v) is 7.17. The van der Waals surface area contributed by atoms with Gasteiger partial charge in [0, 0.05) is 26.6 Å². The SMILES string of the molecule is C=C(C)CNC(=NCc1ncnn1C)NCCc1ccco1.I. The molecule has 0 spiro atoms. The van der Waals surface area contributed by atoms with Crippen LogP contribution in [0.15, 0.2) is 46.3 Å². The standard InChI is InChI=1S/C15H22N6O.HI/c1-12(2)9-17-15(16-7-6-13-5-4-8-22-13)18-10-14-19-11-20-21(14)3;/h4-5,8,11H,1,6-7,9-10H2,2-3H3,(H2,16,17,18);1H. The Balaban J connectivity index is 0.00000264. The molecule has 126 valence electrons. The second-order valence-electron chi connectivity index (χ2n) is 5.03. The number of aromatic nitrogens is 3. The Kier molecular flexibility index (Phi) is 8.38. The largest absolute Gasteiger partial charge is 0.469 e. The van der Waals surface area contributed by atoms with Crippen LogP contribution in [0.5, 0.6) is 0 Å². The number of furan rings is 1. The van der Waals surface area contributed by atoms with Crippen molar-refractivity contribution in [2.24, 2.45) is 12.0 Å². The van der Waals surface area contributed by atoms with Crippen LogP contribution in [0.25, 0.3) is 0 Å². The van der Waals surface area contributed by atoms with Gasteiger partial charge >= 0.3 is 0 Å². The molecule has 2 aromatic heterocycles. The van der Waals surface area contributed by atoms with E-state index in [0.717, 1.165) is 36.1 Å². The van der Waals surface area contributed by atoms with Crippen molar-refractivity contribution in [3.05, 3.63) is 48.5 Å². The smallest absolute Gasteiger partial charge is 0.191 e. The van der Waals surface area contributed by atoms with Crippen molar-refractivity contribution in [1.82, 2.24) is 25.4 Å². The van der Waals surface area contributed by atoms with Crippen molar-refractivity contribution >= 4 is 29.9 Å². The molecule has 0 fully saturated rings. The highest BCUT2D eigenvalue weighted by Crippen LogP contribution is 1.99. The van der Waals surface area contributed by atoms with Crippen LogP contribution in [0.1, 0.15) is 18.5 Å². The monoisotopic (exact) mass is 430 g/mol. The summed E-state index contributed by atoms with van der Waals surface area (Å²) in [5, 5.41) is 10.5. The second-order valence-corrected chi connectivity index (χ2v) is 5.03. The van der Waals surface area contributed by atoms with Gasteiger partial charge in [0.15, 0.2) is 5.96 Å². The Morgan fingerprint density at radius 2 is 2.26 bits per heavy atom.